The van der Waals surface area contributed by atoms with E-state index in [2.05, 4.69) is 16.0 Å². The molecule has 2 heterocycles. The van der Waals surface area contributed by atoms with E-state index in [4.69, 9.17) is 8.83 Å². The molecule has 3 rings (SSSR count). The molecule has 0 spiro atoms. The molecule has 0 aliphatic carbocycles. The molecule has 2 aromatic heterocycles. The Morgan fingerprint density at radius 3 is 2.31 bits per heavy atom. The Labute approximate surface area is 167 Å². The zero-order valence-corrected chi connectivity index (χ0v) is 16.2. The molecule has 3 N–H and O–H groups in total. The molecule has 1 atom stereocenters. The van der Waals surface area contributed by atoms with E-state index in [0.717, 1.165) is 11.1 Å². The van der Waals surface area contributed by atoms with Crippen molar-refractivity contribution in [2.24, 2.45) is 0 Å². The number of nitrogens with one attached hydrogen (secondary N) is 3. The number of anilines is 1. The predicted molar refractivity (Wildman–Crippen MR) is 107 cm³/mol. The van der Waals surface area contributed by atoms with Gasteiger partial charge in [-0.05, 0) is 56.3 Å². The molecule has 0 fully saturated rings. The van der Waals surface area contributed by atoms with E-state index in [1.807, 2.05) is 0 Å². The molecule has 0 aliphatic heterocycles. The van der Waals surface area contributed by atoms with Gasteiger partial charge in [-0.25, -0.2) is 0 Å². The smallest absolute Gasteiger partial charge is 0.291 e. The van der Waals surface area contributed by atoms with Gasteiger partial charge >= 0.3 is 0 Å². The fourth-order valence-electron chi connectivity index (χ4n) is 2.68. The van der Waals surface area contributed by atoms with Crippen LogP contribution in [0.15, 0.2) is 57.6 Å². The molecule has 1 aromatic carbocycles. The van der Waals surface area contributed by atoms with Gasteiger partial charge in [-0.2, -0.15) is 0 Å². The number of hydrogen-bond acceptors (Lipinski definition) is 5. The molecule has 0 saturated carbocycles. The molecule has 3 amide bonds. The summed E-state index contributed by atoms with van der Waals surface area (Å²) < 4.78 is 10.8. The molecule has 0 saturated heterocycles. The third kappa shape index (κ3) is 4.55. The van der Waals surface area contributed by atoms with Crippen LogP contribution in [-0.2, 0) is 4.79 Å². The third-order valence-corrected chi connectivity index (χ3v) is 4.31. The first-order valence-electron chi connectivity index (χ1n) is 8.97. The van der Waals surface area contributed by atoms with Gasteiger partial charge in [0.25, 0.3) is 11.8 Å². The second kappa shape index (κ2) is 8.47. The van der Waals surface area contributed by atoms with Crippen LogP contribution in [0, 0.1) is 6.92 Å². The van der Waals surface area contributed by atoms with Crippen molar-refractivity contribution >= 4 is 23.4 Å². The van der Waals surface area contributed by atoms with Crippen molar-refractivity contribution in [1.29, 1.82) is 0 Å². The van der Waals surface area contributed by atoms with Gasteiger partial charge in [-0.15, -0.1) is 0 Å². The highest BCUT2D eigenvalue weighted by molar-refractivity contribution is 6.03. The van der Waals surface area contributed by atoms with E-state index in [0.29, 0.717) is 11.4 Å². The van der Waals surface area contributed by atoms with E-state index >= 15 is 0 Å². The van der Waals surface area contributed by atoms with Crippen LogP contribution < -0.4 is 16.0 Å². The zero-order valence-electron chi connectivity index (χ0n) is 16.2. The molecule has 0 bridgehead atoms. The average molecular weight is 395 g/mol. The predicted octanol–water partition coefficient (Wildman–Crippen LogP) is 2.96. The highest BCUT2D eigenvalue weighted by Gasteiger charge is 2.18. The summed E-state index contributed by atoms with van der Waals surface area (Å²) in [4.78, 5) is 35.9. The molecule has 150 valence electrons. The lowest BCUT2D eigenvalue weighted by atomic mass is 10.1. The van der Waals surface area contributed by atoms with Crippen molar-refractivity contribution in [3.8, 4) is 11.3 Å². The number of amides is 3. The highest BCUT2D eigenvalue weighted by atomic mass is 16.4. The minimum absolute atomic E-state index is 0.0985. The Bertz CT molecular complexity index is 1030. The van der Waals surface area contributed by atoms with Crippen LogP contribution in [0.2, 0.25) is 0 Å². The summed E-state index contributed by atoms with van der Waals surface area (Å²) in [7, 11) is 1.50. The van der Waals surface area contributed by atoms with Gasteiger partial charge in [0.05, 0.1) is 6.26 Å². The summed E-state index contributed by atoms with van der Waals surface area (Å²) in [6.45, 7) is 3.37. The van der Waals surface area contributed by atoms with Gasteiger partial charge in [0.2, 0.25) is 5.91 Å². The standard InChI is InChI=1S/C21H21N3O5/c1-12-10-11-28-18(12)21(27)24-15-6-4-14(5-7-15)16-8-9-17(29-16)20(26)23-13(2)19(25)22-3/h4-11,13H,1-3H3,(H,22,25)(H,23,26)(H,24,27)/t13-/m0/s1. The summed E-state index contributed by atoms with van der Waals surface area (Å²) >= 11 is 0. The Morgan fingerprint density at radius 1 is 0.966 bits per heavy atom. The lowest BCUT2D eigenvalue weighted by Crippen LogP contribution is -2.43. The van der Waals surface area contributed by atoms with Crippen molar-refractivity contribution in [2.75, 3.05) is 12.4 Å². The fraction of sp³-hybridized carbons (Fsp3) is 0.190. The minimum atomic E-state index is -0.679. The molecule has 29 heavy (non-hydrogen) atoms. The van der Waals surface area contributed by atoms with Crippen molar-refractivity contribution in [2.45, 2.75) is 19.9 Å². The van der Waals surface area contributed by atoms with Crippen LogP contribution in [0.4, 0.5) is 5.69 Å². The Kier molecular flexibility index (Phi) is 5.82. The van der Waals surface area contributed by atoms with Gasteiger partial charge in [0.1, 0.15) is 11.8 Å². The van der Waals surface area contributed by atoms with Gasteiger partial charge in [0, 0.05) is 23.9 Å². The van der Waals surface area contributed by atoms with E-state index in [-0.39, 0.29) is 23.3 Å². The monoisotopic (exact) mass is 395 g/mol. The largest absolute Gasteiger partial charge is 0.459 e. The second-order valence-corrected chi connectivity index (χ2v) is 6.44. The molecule has 3 aromatic rings. The van der Waals surface area contributed by atoms with Crippen LogP contribution in [-0.4, -0.2) is 30.8 Å². The molecule has 0 radical (unpaired) electrons. The van der Waals surface area contributed by atoms with Crippen molar-refractivity contribution in [1.82, 2.24) is 10.6 Å². The van der Waals surface area contributed by atoms with Gasteiger partial charge in [0.15, 0.2) is 11.5 Å². The first-order valence-corrected chi connectivity index (χ1v) is 8.97. The third-order valence-electron chi connectivity index (χ3n) is 4.31. The quantitative estimate of drug-likeness (QED) is 0.594. The van der Waals surface area contributed by atoms with Crippen LogP contribution in [0.1, 0.15) is 33.6 Å². The summed E-state index contributed by atoms with van der Waals surface area (Å²) in [6, 6.07) is 11.2. The molecule has 0 unspecified atom stereocenters. The number of carbonyl (C=O) groups excluding carboxylic acids is 3. The summed E-state index contributed by atoms with van der Waals surface area (Å²) in [6.07, 6.45) is 1.47. The van der Waals surface area contributed by atoms with E-state index in [1.54, 1.807) is 50.2 Å². The number of hydrogen-bond donors (Lipinski definition) is 3. The minimum Gasteiger partial charge on any atom is -0.459 e. The van der Waals surface area contributed by atoms with Crippen molar-refractivity contribution in [3.05, 3.63) is 65.8 Å². The van der Waals surface area contributed by atoms with Gasteiger partial charge in [-0.3, -0.25) is 14.4 Å². The number of aryl methyl sites for hydroxylation is 1. The maximum atomic E-state index is 12.2. The Hall–Kier alpha value is -3.81. The average Bonchev–Trinajstić information content (AvgIpc) is 3.37. The summed E-state index contributed by atoms with van der Waals surface area (Å²) in [5.41, 5.74) is 2.08. The van der Waals surface area contributed by atoms with Crippen LogP contribution >= 0.6 is 0 Å². The molecule has 8 nitrogen and oxygen atoms in total. The second-order valence-electron chi connectivity index (χ2n) is 6.44. The molecule has 8 heteroatoms. The summed E-state index contributed by atoms with van der Waals surface area (Å²) in [5, 5.41) is 7.78. The van der Waals surface area contributed by atoms with Gasteiger partial charge in [-0.1, -0.05) is 0 Å². The first kappa shape index (κ1) is 19.9. The molecular formula is C21H21N3O5. The Balaban J connectivity index is 1.66. The normalized spacial score (nSPS) is 11.6. The number of carbonyl (C=O) groups is 3. The molecular weight excluding hydrogens is 374 g/mol. The molecule has 0 aliphatic rings. The van der Waals surface area contributed by atoms with E-state index < -0.39 is 11.9 Å². The maximum Gasteiger partial charge on any atom is 0.291 e. The fourth-order valence-corrected chi connectivity index (χ4v) is 2.68. The number of furan rings is 2. The van der Waals surface area contributed by atoms with Crippen LogP contribution in [0.3, 0.4) is 0 Å². The van der Waals surface area contributed by atoms with Crippen molar-refractivity contribution in [3.63, 3.8) is 0 Å². The topological polar surface area (TPSA) is 114 Å². The van der Waals surface area contributed by atoms with Crippen molar-refractivity contribution < 1.29 is 23.2 Å². The first-order chi connectivity index (χ1) is 13.9. The SMILES string of the molecule is CNC(=O)[C@H](C)NC(=O)c1ccc(-c2ccc(NC(=O)c3occc3C)cc2)o1. The lowest BCUT2D eigenvalue weighted by molar-refractivity contribution is -0.122. The lowest BCUT2D eigenvalue weighted by Gasteiger charge is -2.10. The Morgan fingerprint density at radius 2 is 1.69 bits per heavy atom. The van der Waals surface area contributed by atoms with Crippen LogP contribution in [0.5, 0.6) is 0 Å². The number of rotatable bonds is 6. The van der Waals surface area contributed by atoms with E-state index in [9.17, 15) is 14.4 Å². The maximum absolute atomic E-state index is 12.2. The van der Waals surface area contributed by atoms with Crippen LogP contribution in [0.25, 0.3) is 11.3 Å². The number of benzene rings is 1. The van der Waals surface area contributed by atoms with Gasteiger partial charge < -0.3 is 24.8 Å². The zero-order chi connectivity index (χ0) is 21.0. The number of likely N-dealkylation sites (N-methyl/N-ethyl adjacent to an activating group) is 1. The van der Waals surface area contributed by atoms with E-state index in [1.165, 1.54) is 19.4 Å². The summed E-state index contributed by atoms with van der Waals surface area (Å²) in [5.74, 6) is -0.259. The highest BCUT2D eigenvalue weighted by Crippen LogP contribution is 2.24.